The molecule has 6 heteroatoms. The first kappa shape index (κ1) is 17.9. The molecular formula is C13H27N2O4+. The number of carbonyl (C=O) groups is 2. The van der Waals surface area contributed by atoms with Crippen LogP contribution in [0.25, 0.3) is 0 Å². The van der Waals surface area contributed by atoms with Crippen LogP contribution in [0.1, 0.15) is 47.0 Å². The minimum atomic E-state index is -0.588. The first-order chi connectivity index (χ1) is 8.71. The topological polar surface area (TPSA) is 69.1 Å². The summed E-state index contributed by atoms with van der Waals surface area (Å²) >= 11 is 0. The molecule has 0 radical (unpaired) electrons. The summed E-state index contributed by atoms with van der Waals surface area (Å²) in [6, 6.07) is -0.588. The fourth-order valence-electron chi connectivity index (χ4n) is 1.47. The molecule has 19 heavy (non-hydrogen) atoms. The average Bonchev–Trinajstić information content (AvgIpc) is 2.30. The third-order valence-corrected chi connectivity index (χ3v) is 2.51. The summed E-state index contributed by atoms with van der Waals surface area (Å²) in [5, 5.41) is 2.90. The van der Waals surface area contributed by atoms with Crippen LogP contribution in [0.5, 0.6) is 0 Å². The highest BCUT2D eigenvalue weighted by Crippen LogP contribution is 2.08. The highest BCUT2D eigenvalue weighted by atomic mass is 16.7. The van der Waals surface area contributed by atoms with Crippen molar-refractivity contribution >= 4 is 12.0 Å². The number of alkyl carbamates (subject to hydrolysis) is 1. The van der Waals surface area contributed by atoms with E-state index >= 15 is 0 Å². The lowest BCUT2D eigenvalue weighted by molar-refractivity contribution is -1.01. The maximum atomic E-state index is 12.0. The van der Waals surface area contributed by atoms with E-state index in [1.165, 1.54) is 7.11 Å². The summed E-state index contributed by atoms with van der Waals surface area (Å²) in [4.78, 5) is 28.7. The van der Waals surface area contributed by atoms with Crippen LogP contribution in [0.3, 0.4) is 0 Å². The Labute approximate surface area is 115 Å². The first-order valence-corrected chi connectivity index (χ1v) is 6.62. The van der Waals surface area contributed by atoms with Gasteiger partial charge in [-0.05, 0) is 27.2 Å². The third kappa shape index (κ3) is 7.79. The van der Waals surface area contributed by atoms with E-state index in [0.717, 1.165) is 12.8 Å². The van der Waals surface area contributed by atoms with Crippen molar-refractivity contribution < 1.29 is 24.2 Å². The number of rotatable bonds is 6. The van der Waals surface area contributed by atoms with Gasteiger partial charge in [-0.1, -0.05) is 19.8 Å². The largest absolute Gasteiger partial charge is 0.444 e. The van der Waals surface area contributed by atoms with E-state index in [2.05, 4.69) is 5.32 Å². The number of unbranched alkanes of at least 4 members (excludes halogenated alkanes) is 1. The van der Waals surface area contributed by atoms with E-state index in [-0.39, 0.29) is 11.0 Å². The SMILES string of the molecule is CCCC[C@H](NC(=O)OC(C)(C)C)C(=O)[NH+](C)OC. The number of hydrogen-bond acceptors (Lipinski definition) is 4. The molecule has 2 amide bonds. The number of carbonyl (C=O) groups excluding carboxylic acids is 2. The molecule has 0 saturated heterocycles. The smallest absolute Gasteiger partial charge is 0.408 e. The van der Waals surface area contributed by atoms with Gasteiger partial charge in [0.15, 0.2) is 6.04 Å². The van der Waals surface area contributed by atoms with Gasteiger partial charge in [0.05, 0.1) is 7.11 Å². The van der Waals surface area contributed by atoms with E-state index in [9.17, 15) is 9.59 Å². The Kier molecular flexibility index (Phi) is 7.63. The van der Waals surface area contributed by atoms with E-state index in [0.29, 0.717) is 6.42 Å². The second-order valence-electron chi connectivity index (χ2n) is 5.47. The van der Waals surface area contributed by atoms with Crippen molar-refractivity contribution in [2.24, 2.45) is 0 Å². The zero-order valence-corrected chi connectivity index (χ0v) is 12.8. The maximum Gasteiger partial charge on any atom is 0.408 e. The quantitative estimate of drug-likeness (QED) is 0.699. The Morgan fingerprint density at radius 1 is 1.32 bits per heavy atom. The van der Waals surface area contributed by atoms with Crippen molar-refractivity contribution in [3.63, 3.8) is 0 Å². The molecule has 0 aliphatic carbocycles. The van der Waals surface area contributed by atoms with Crippen molar-refractivity contribution in [1.82, 2.24) is 5.32 Å². The number of nitrogens with one attached hydrogen (secondary N) is 2. The fourth-order valence-corrected chi connectivity index (χ4v) is 1.47. The van der Waals surface area contributed by atoms with Crippen LogP contribution in [0.4, 0.5) is 4.79 Å². The molecule has 0 spiro atoms. The lowest BCUT2D eigenvalue weighted by Crippen LogP contribution is -3.12. The third-order valence-electron chi connectivity index (χ3n) is 2.51. The molecule has 1 unspecified atom stereocenters. The fraction of sp³-hybridized carbons (Fsp3) is 0.846. The van der Waals surface area contributed by atoms with Crippen molar-refractivity contribution in [3.8, 4) is 0 Å². The standard InChI is InChI=1S/C13H26N2O4/c1-7-8-9-10(11(16)15(5)18-6)14-12(17)19-13(2,3)4/h10H,7-9H2,1-6H3,(H,14,17)/p+1/t10-/m0/s1. The zero-order chi connectivity index (χ0) is 15.1. The van der Waals surface area contributed by atoms with Crippen LogP contribution in [0, 0.1) is 0 Å². The Morgan fingerprint density at radius 3 is 2.32 bits per heavy atom. The Morgan fingerprint density at radius 2 is 1.89 bits per heavy atom. The molecule has 0 rings (SSSR count). The highest BCUT2D eigenvalue weighted by Gasteiger charge is 2.30. The summed E-state index contributed by atoms with van der Waals surface area (Å²) in [5.74, 6) is -0.207. The normalized spacial score (nSPS) is 14.6. The molecule has 0 bridgehead atoms. The molecule has 0 aliphatic rings. The monoisotopic (exact) mass is 275 g/mol. The van der Waals surface area contributed by atoms with Crippen molar-refractivity contribution in [2.45, 2.75) is 58.6 Å². The van der Waals surface area contributed by atoms with Crippen LogP contribution in [-0.4, -0.2) is 37.8 Å². The Balaban J connectivity index is 4.59. The van der Waals surface area contributed by atoms with Crippen LogP contribution in [0.15, 0.2) is 0 Å². The maximum absolute atomic E-state index is 12.0. The molecule has 0 aliphatic heterocycles. The average molecular weight is 275 g/mol. The molecule has 2 atom stereocenters. The second-order valence-corrected chi connectivity index (χ2v) is 5.47. The van der Waals surface area contributed by atoms with Crippen molar-refractivity contribution in [3.05, 3.63) is 0 Å². The van der Waals surface area contributed by atoms with E-state index in [1.807, 2.05) is 6.92 Å². The van der Waals surface area contributed by atoms with Crippen LogP contribution < -0.4 is 10.4 Å². The van der Waals surface area contributed by atoms with Gasteiger partial charge in [-0.25, -0.2) is 14.4 Å². The summed E-state index contributed by atoms with van der Waals surface area (Å²) in [6.07, 6.45) is 1.80. The van der Waals surface area contributed by atoms with Crippen LogP contribution >= 0.6 is 0 Å². The molecule has 0 aromatic carbocycles. The number of hydroxylamine groups is 2. The number of hydrogen-bond donors (Lipinski definition) is 2. The predicted octanol–water partition coefficient (Wildman–Crippen LogP) is 0.673. The molecule has 2 N–H and O–H groups in total. The second kappa shape index (κ2) is 8.12. The molecule has 0 fully saturated rings. The number of quaternary nitrogens is 1. The summed E-state index contributed by atoms with van der Waals surface area (Å²) < 4.78 is 5.16. The van der Waals surface area contributed by atoms with Gasteiger partial charge in [-0.3, -0.25) is 0 Å². The van der Waals surface area contributed by atoms with Crippen LogP contribution in [0.2, 0.25) is 0 Å². The van der Waals surface area contributed by atoms with Gasteiger partial charge in [0, 0.05) is 0 Å². The Bertz CT molecular complexity index is 300. The molecule has 112 valence electrons. The van der Waals surface area contributed by atoms with E-state index in [4.69, 9.17) is 9.57 Å². The van der Waals surface area contributed by atoms with Crippen LogP contribution in [-0.2, 0) is 14.4 Å². The summed E-state index contributed by atoms with van der Waals surface area (Å²) in [7, 11) is 3.04. The summed E-state index contributed by atoms with van der Waals surface area (Å²) in [6.45, 7) is 7.37. The Hall–Kier alpha value is -1.14. The minimum Gasteiger partial charge on any atom is -0.444 e. The molecule has 0 aromatic rings. The van der Waals surface area contributed by atoms with E-state index < -0.39 is 17.7 Å². The molecule has 0 aromatic heterocycles. The molecule has 6 nitrogen and oxygen atoms in total. The lowest BCUT2D eigenvalue weighted by Gasteiger charge is -2.23. The highest BCUT2D eigenvalue weighted by molar-refractivity contribution is 5.79. The molecule has 0 saturated carbocycles. The van der Waals surface area contributed by atoms with Gasteiger partial charge in [0.1, 0.15) is 12.6 Å². The number of amides is 2. The summed E-state index contributed by atoms with van der Waals surface area (Å²) in [5.41, 5.74) is -0.581. The van der Waals surface area contributed by atoms with Gasteiger partial charge in [-0.15, -0.1) is 5.06 Å². The lowest BCUT2D eigenvalue weighted by atomic mass is 10.1. The number of likely N-dealkylation sites (N-methyl/N-ethyl adjacent to an activating group) is 1. The number of ether oxygens (including phenoxy) is 1. The van der Waals surface area contributed by atoms with Crippen molar-refractivity contribution in [2.75, 3.05) is 14.2 Å². The van der Waals surface area contributed by atoms with E-state index in [1.54, 1.807) is 27.8 Å². The minimum absolute atomic E-state index is 0.207. The first-order valence-electron chi connectivity index (χ1n) is 6.62. The van der Waals surface area contributed by atoms with Gasteiger partial charge in [-0.2, -0.15) is 0 Å². The molecular weight excluding hydrogens is 248 g/mol. The van der Waals surface area contributed by atoms with Gasteiger partial charge >= 0.3 is 12.0 Å². The van der Waals surface area contributed by atoms with Gasteiger partial charge in [0.25, 0.3) is 0 Å². The van der Waals surface area contributed by atoms with Crippen molar-refractivity contribution in [1.29, 1.82) is 0 Å². The predicted molar refractivity (Wildman–Crippen MR) is 71.6 cm³/mol. The zero-order valence-electron chi connectivity index (χ0n) is 12.8. The van der Waals surface area contributed by atoms with Gasteiger partial charge in [0.2, 0.25) is 0 Å². The van der Waals surface area contributed by atoms with Gasteiger partial charge < -0.3 is 10.1 Å². The molecule has 0 heterocycles.